The summed E-state index contributed by atoms with van der Waals surface area (Å²) in [5.74, 6) is 0.715. The number of likely N-dealkylation sites (tertiary alicyclic amines) is 1. The van der Waals surface area contributed by atoms with Crippen LogP contribution < -0.4 is 10.1 Å². The number of β-amino-alcohol motifs (C(OH)–C–C–N with tert-alkyl or cyclic N) is 1. The van der Waals surface area contributed by atoms with E-state index in [1.807, 2.05) is 30.3 Å². The minimum atomic E-state index is -0.897. The first-order valence-corrected chi connectivity index (χ1v) is 12.5. The number of amides is 1. The molecule has 5 nitrogen and oxygen atoms in total. The second-order valence-corrected chi connectivity index (χ2v) is 10.4. The molecule has 3 unspecified atom stereocenters. The van der Waals surface area contributed by atoms with Crippen LogP contribution in [-0.2, 0) is 16.6 Å². The van der Waals surface area contributed by atoms with Crippen molar-refractivity contribution in [3.63, 3.8) is 0 Å². The van der Waals surface area contributed by atoms with Gasteiger partial charge in [0.1, 0.15) is 5.75 Å². The molecule has 1 amide bonds. The number of aliphatic hydroxyl groups is 1. The summed E-state index contributed by atoms with van der Waals surface area (Å²) in [7, 11) is 1.66. The quantitative estimate of drug-likeness (QED) is 0.535. The Bertz CT molecular complexity index is 1060. The zero-order valence-corrected chi connectivity index (χ0v) is 21.0. The molecule has 1 saturated heterocycles. The first-order valence-electron chi connectivity index (χ1n) is 11.7. The number of fused-ring (bicyclic) bond motifs is 1. The standard InChI is InChI=1S/C27H32Cl2N2O3/c1-3-12-31-13-11-26(20-5-4-6-22(16-20)34-2)17-21(9-10-27(26,33)18-31)30-25(32)15-19-7-8-23(28)24(29)14-19/h3-8,14,16,21,33H,1,9-13,15,17-18H2,2H3,(H,30,32). The number of carbonyl (C=O) groups is 1. The van der Waals surface area contributed by atoms with E-state index in [1.165, 1.54) is 0 Å². The molecule has 34 heavy (non-hydrogen) atoms. The third kappa shape index (κ3) is 4.99. The van der Waals surface area contributed by atoms with E-state index in [9.17, 15) is 9.90 Å². The number of nitrogens with zero attached hydrogens (tertiary/aromatic N) is 1. The summed E-state index contributed by atoms with van der Waals surface area (Å²) in [5, 5.41) is 16.2. The van der Waals surface area contributed by atoms with Crippen LogP contribution >= 0.6 is 23.2 Å². The van der Waals surface area contributed by atoms with Crippen molar-refractivity contribution in [2.45, 2.75) is 49.2 Å². The number of carbonyl (C=O) groups excluding carboxylic acids is 1. The molecule has 3 atom stereocenters. The van der Waals surface area contributed by atoms with Gasteiger partial charge in [0.2, 0.25) is 5.91 Å². The van der Waals surface area contributed by atoms with Gasteiger partial charge in [-0.1, -0.05) is 47.5 Å². The second-order valence-electron chi connectivity index (χ2n) is 9.55. The lowest BCUT2D eigenvalue weighted by atomic mass is 9.55. The molecule has 1 heterocycles. The van der Waals surface area contributed by atoms with Crippen molar-refractivity contribution in [3.05, 3.63) is 76.3 Å². The van der Waals surface area contributed by atoms with Gasteiger partial charge in [0, 0.05) is 24.5 Å². The molecule has 0 aromatic heterocycles. The van der Waals surface area contributed by atoms with Crippen molar-refractivity contribution in [1.29, 1.82) is 0 Å². The highest BCUT2D eigenvalue weighted by atomic mass is 35.5. The molecule has 7 heteroatoms. The highest BCUT2D eigenvalue weighted by molar-refractivity contribution is 6.42. The minimum Gasteiger partial charge on any atom is -0.497 e. The fourth-order valence-corrected chi connectivity index (χ4v) is 6.08. The maximum atomic E-state index is 12.9. The predicted molar refractivity (Wildman–Crippen MR) is 137 cm³/mol. The highest BCUT2D eigenvalue weighted by Gasteiger charge is 2.57. The zero-order chi connectivity index (χ0) is 24.3. The van der Waals surface area contributed by atoms with Gasteiger partial charge in [0.25, 0.3) is 0 Å². The van der Waals surface area contributed by atoms with E-state index in [0.29, 0.717) is 29.4 Å². The van der Waals surface area contributed by atoms with Crippen LogP contribution in [0, 0.1) is 0 Å². The number of rotatable bonds is 7. The number of hydrogen-bond acceptors (Lipinski definition) is 4. The van der Waals surface area contributed by atoms with Gasteiger partial charge in [-0.25, -0.2) is 0 Å². The maximum absolute atomic E-state index is 12.9. The minimum absolute atomic E-state index is 0.0345. The SMILES string of the molecule is C=CCN1CCC2(c3cccc(OC)c3)CC(NC(=O)Cc3ccc(Cl)c(Cl)c3)CCC2(O)C1. The molecule has 2 aromatic rings. The van der Waals surface area contributed by atoms with Gasteiger partial charge in [-0.3, -0.25) is 9.69 Å². The highest BCUT2D eigenvalue weighted by Crippen LogP contribution is 2.52. The molecule has 0 bridgehead atoms. The van der Waals surface area contributed by atoms with Crippen LogP contribution in [0.2, 0.25) is 10.0 Å². The molecule has 0 radical (unpaired) electrons. The predicted octanol–water partition coefficient (Wildman–Crippen LogP) is 4.77. The first-order chi connectivity index (χ1) is 16.3. The summed E-state index contributed by atoms with van der Waals surface area (Å²) in [6.07, 6.45) is 4.91. The third-order valence-corrected chi connectivity index (χ3v) is 8.19. The largest absolute Gasteiger partial charge is 0.497 e. The van der Waals surface area contributed by atoms with Gasteiger partial charge in [0.15, 0.2) is 0 Å². The average Bonchev–Trinajstić information content (AvgIpc) is 2.82. The number of hydrogen-bond donors (Lipinski definition) is 2. The van der Waals surface area contributed by atoms with Crippen LogP contribution in [0.15, 0.2) is 55.1 Å². The van der Waals surface area contributed by atoms with Gasteiger partial charge in [-0.15, -0.1) is 6.58 Å². The Morgan fingerprint density at radius 3 is 2.82 bits per heavy atom. The Morgan fingerprint density at radius 2 is 2.09 bits per heavy atom. The topological polar surface area (TPSA) is 61.8 Å². The molecule has 0 spiro atoms. The molecule has 2 aromatic carbocycles. The fraction of sp³-hybridized carbons (Fsp3) is 0.444. The molecule has 4 rings (SSSR count). The summed E-state index contributed by atoms with van der Waals surface area (Å²) in [6, 6.07) is 13.2. The van der Waals surface area contributed by atoms with Crippen LogP contribution in [0.3, 0.4) is 0 Å². The van der Waals surface area contributed by atoms with Crippen LogP contribution in [0.5, 0.6) is 5.75 Å². The van der Waals surface area contributed by atoms with Gasteiger partial charge >= 0.3 is 0 Å². The fourth-order valence-electron chi connectivity index (χ4n) is 5.75. The number of halogens is 2. The Morgan fingerprint density at radius 1 is 1.26 bits per heavy atom. The van der Waals surface area contributed by atoms with Crippen molar-refractivity contribution >= 4 is 29.1 Å². The van der Waals surface area contributed by atoms with Crippen molar-refractivity contribution in [2.75, 3.05) is 26.7 Å². The molecule has 2 fully saturated rings. The number of methoxy groups -OCH3 is 1. The number of nitrogens with one attached hydrogen (secondary N) is 1. The van der Waals surface area contributed by atoms with E-state index in [0.717, 1.165) is 42.8 Å². The van der Waals surface area contributed by atoms with E-state index >= 15 is 0 Å². The van der Waals surface area contributed by atoms with Gasteiger partial charge in [-0.05, 0) is 67.6 Å². The number of piperidine rings is 1. The average molecular weight is 503 g/mol. The van der Waals surface area contributed by atoms with Crippen LogP contribution in [-0.4, -0.2) is 54.3 Å². The Hall–Kier alpha value is -2.05. The van der Waals surface area contributed by atoms with Crippen LogP contribution in [0.1, 0.15) is 36.8 Å². The summed E-state index contributed by atoms with van der Waals surface area (Å²) >= 11 is 12.1. The summed E-state index contributed by atoms with van der Waals surface area (Å²) in [5.41, 5.74) is 0.514. The van der Waals surface area contributed by atoms with E-state index in [4.69, 9.17) is 27.9 Å². The van der Waals surface area contributed by atoms with Crippen molar-refractivity contribution < 1.29 is 14.6 Å². The van der Waals surface area contributed by atoms with E-state index in [2.05, 4.69) is 22.9 Å². The zero-order valence-electron chi connectivity index (χ0n) is 19.5. The summed E-state index contributed by atoms with van der Waals surface area (Å²) in [6.45, 7) is 6.06. The second kappa shape index (κ2) is 10.3. The number of benzene rings is 2. The maximum Gasteiger partial charge on any atom is 0.224 e. The van der Waals surface area contributed by atoms with Gasteiger partial charge in [0.05, 0.1) is 29.2 Å². The van der Waals surface area contributed by atoms with E-state index in [1.54, 1.807) is 19.2 Å². The van der Waals surface area contributed by atoms with Crippen molar-refractivity contribution in [2.24, 2.45) is 0 Å². The first kappa shape index (κ1) is 25.1. The molecule has 1 saturated carbocycles. The molecule has 1 aliphatic carbocycles. The van der Waals surface area contributed by atoms with E-state index in [-0.39, 0.29) is 18.4 Å². The van der Waals surface area contributed by atoms with Crippen LogP contribution in [0.25, 0.3) is 0 Å². The monoisotopic (exact) mass is 502 g/mol. The lowest BCUT2D eigenvalue weighted by Gasteiger charge is -2.58. The lowest BCUT2D eigenvalue weighted by Crippen LogP contribution is -2.67. The van der Waals surface area contributed by atoms with E-state index < -0.39 is 11.0 Å². The molecule has 2 aliphatic rings. The third-order valence-electron chi connectivity index (χ3n) is 7.46. The van der Waals surface area contributed by atoms with Crippen molar-refractivity contribution in [1.82, 2.24) is 10.2 Å². The smallest absolute Gasteiger partial charge is 0.224 e. The molecule has 1 aliphatic heterocycles. The Kier molecular flexibility index (Phi) is 7.58. The van der Waals surface area contributed by atoms with Crippen molar-refractivity contribution in [3.8, 4) is 5.75 Å². The van der Waals surface area contributed by atoms with Gasteiger partial charge < -0.3 is 15.2 Å². The Balaban J connectivity index is 1.57. The summed E-state index contributed by atoms with van der Waals surface area (Å²) < 4.78 is 5.50. The van der Waals surface area contributed by atoms with Crippen LogP contribution in [0.4, 0.5) is 0 Å². The normalized spacial score (nSPS) is 27.0. The molecular formula is C27H32Cl2N2O3. The molecule has 2 N–H and O–H groups in total. The number of ether oxygens (including phenoxy) is 1. The van der Waals surface area contributed by atoms with Gasteiger partial charge in [-0.2, -0.15) is 0 Å². The molecule has 182 valence electrons. The Labute approximate surface area is 211 Å². The molecular weight excluding hydrogens is 471 g/mol. The summed E-state index contributed by atoms with van der Waals surface area (Å²) in [4.78, 5) is 15.2. The lowest BCUT2D eigenvalue weighted by molar-refractivity contribution is -0.132.